The van der Waals surface area contributed by atoms with Crippen LogP contribution in [-0.4, -0.2) is 6.54 Å². The molecule has 0 fully saturated rings. The highest BCUT2D eigenvalue weighted by Gasteiger charge is 2.12. The van der Waals surface area contributed by atoms with Gasteiger partial charge in [0.2, 0.25) is 0 Å². The van der Waals surface area contributed by atoms with E-state index in [9.17, 15) is 0 Å². The minimum atomic E-state index is 0.763. The van der Waals surface area contributed by atoms with Gasteiger partial charge in [0, 0.05) is 0 Å². The molecule has 1 aliphatic carbocycles. The minimum absolute atomic E-state index is 0.763. The quantitative estimate of drug-likeness (QED) is 0.729. The molecule has 0 aliphatic heterocycles. The van der Waals surface area contributed by atoms with Crippen LogP contribution in [0.4, 0.5) is 0 Å². The molecule has 0 aromatic heterocycles. The van der Waals surface area contributed by atoms with Gasteiger partial charge in [0.25, 0.3) is 0 Å². The molecule has 68 valence electrons. The topological polar surface area (TPSA) is 26.0 Å². The van der Waals surface area contributed by atoms with Crippen molar-refractivity contribution in [2.45, 2.75) is 19.8 Å². The molecule has 0 saturated carbocycles. The molecule has 0 unspecified atom stereocenters. The van der Waals surface area contributed by atoms with Crippen molar-refractivity contribution in [3.05, 3.63) is 40.5 Å². The Hall–Kier alpha value is -1.08. The number of rotatable bonds is 2. The molecule has 1 nitrogen and oxygen atoms in total. The van der Waals surface area contributed by atoms with Crippen molar-refractivity contribution in [1.29, 1.82) is 0 Å². The number of hydrogen-bond acceptors (Lipinski definition) is 1. The van der Waals surface area contributed by atoms with E-state index < -0.39 is 0 Å². The van der Waals surface area contributed by atoms with Gasteiger partial charge in [0.05, 0.1) is 0 Å². The summed E-state index contributed by atoms with van der Waals surface area (Å²) < 4.78 is 0. The van der Waals surface area contributed by atoms with Crippen molar-refractivity contribution in [3.63, 3.8) is 0 Å². The van der Waals surface area contributed by atoms with Gasteiger partial charge in [0.15, 0.2) is 0 Å². The zero-order chi connectivity index (χ0) is 9.26. The molecule has 0 atom stereocenters. The number of benzene rings is 1. The predicted molar refractivity (Wildman–Crippen MR) is 56.5 cm³/mol. The molecule has 1 heteroatoms. The maximum absolute atomic E-state index is 5.54. The first-order chi connectivity index (χ1) is 6.31. The van der Waals surface area contributed by atoms with Crippen LogP contribution in [0.1, 0.15) is 23.1 Å². The SMILES string of the molecule is Cc1cccc2c1CC(CCN)=C2. The highest BCUT2D eigenvalue weighted by molar-refractivity contribution is 5.65. The predicted octanol–water partition coefficient (Wildman–Crippen LogP) is 2.28. The van der Waals surface area contributed by atoms with E-state index in [2.05, 4.69) is 31.2 Å². The highest BCUT2D eigenvalue weighted by atomic mass is 14.5. The smallest absolute Gasteiger partial charge is 0.00397 e. The molecular weight excluding hydrogens is 158 g/mol. The fourth-order valence-corrected chi connectivity index (χ4v) is 1.95. The average Bonchev–Trinajstić information content (AvgIpc) is 2.49. The Morgan fingerprint density at radius 1 is 1.38 bits per heavy atom. The maximum atomic E-state index is 5.54. The van der Waals surface area contributed by atoms with E-state index in [-0.39, 0.29) is 0 Å². The van der Waals surface area contributed by atoms with Gasteiger partial charge >= 0.3 is 0 Å². The lowest BCUT2D eigenvalue weighted by atomic mass is 10.0. The minimum Gasteiger partial charge on any atom is -0.330 e. The van der Waals surface area contributed by atoms with E-state index in [1.54, 1.807) is 0 Å². The summed E-state index contributed by atoms with van der Waals surface area (Å²) in [5, 5.41) is 0. The lowest BCUT2D eigenvalue weighted by Gasteiger charge is -2.02. The maximum Gasteiger partial charge on any atom is -0.00397 e. The Balaban J connectivity index is 2.30. The van der Waals surface area contributed by atoms with E-state index >= 15 is 0 Å². The van der Waals surface area contributed by atoms with Crippen molar-refractivity contribution >= 4 is 6.08 Å². The Kier molecular flexibility index (Phi) is 2.19. The van der Waals surface area contributed by atoms with E-state index in [1.807, 2.05) is 0 Å². The molecule has 1 aromatic rings. The van der Waals surface area contributed by atoms with Gasteiger partial charge in [-0.3, -0.25) is 0 Å². The second-order valence-corrected chi connectivity index (χ2v) is 3.66. The van der Waals surface area contributed by atoms with Gasteiger partial charge in [-0.15, -0.1) is 0 Å². The van der Waals surface area contributed by atoms with Gasteiger partial charge in [-0.2, -0.15) is 0 Å². The standard InChI is InChI=1S/C12H15N/c1-9-3-2-4-11-7-10(5-6-13)8-12(9)11/h2-4,7H,5-6,8,13H2,1H3. The summed E-state index contributed by atoms with van der Waals surface area (Å²) in [6.07, 6.45) is 4.43. The van der Waals surface area contributed by atoms with Gasteiger partial charge in [-0.25, -0.2) is 0 Å². The van der Waals surface area contributed by atoms with Gasteiger partial charge < -0.3 is 5.73 Å². The van der Waals surface area contributed by atoms with Crippen molar-refractivity contribution in [2.24, 2.45) is 5.73 Å². The lowest BCUT2D eigenvalue weighted by molar-refractivity contribution is 0.924. The first kappa shape index (κ1) is 8.52. The van der Waals surface area contributed by atoms with Crippen LogP contribution >= 0.6 is 0 Å². The molecule has 0 radical (unpaired) electrons. The molecule has 0 saturated heterocycles. The summed E-state index contributed by atoms with van der Waals surface area (Å²) in [4.78, 5) is 0. The molecule has 13 heavy (non-hydrogen) atoms. The van der Waals surface area contributed by atoms with Gasteiger partial charge in [-0.05, 0) is 43.0 Å². The molecular formula is C12H15N. The summed E-state index contributed by atoms with van der Waals surface area (Å²) in [6.45, 7) is 2.94. The second-order valence-electron chi connectivity index (χ2n) is 3.66. The summed E-state index contributed by atoms with van der Waals surface area (Å²) in [5.74, 6) is 0. The molecule has 0 amide bonds. The van der Waals surface area contributed by atoms with E-state index in [4.69, 9.17) is 5.73 Å². The zero-order valence-electron chi connectivity index (χ0n) is 8.01. The van der Waals surface area contributed by atoms with E-state index in [0.29, 0.717) is 0 Å². The number of aryl methyl sites for hydroxylation is 1. The zero-order valence-corrected chi connectivity index (χ0v) is 8.01. The Morgan fingerprint density at radius 3 is 2.92 bits per heavy atom. The number of nitrogens with two attached hydrogens (primary N) is 1. The van der Waals surface area contributed by atoms with Crippen LogP contribution in [0.25, 0.3) is 6.08 Å². The third-order valence-electron chi connectivity index (χ3n) is 2.68. The summed E-state index contributed by atoms with van der Waals surface area (Å²) >= 11 is 0. The normalized spacial score (nSPS) is 14.2. The molecule has 1 aromatic carbocycles. The van der Waals surface area contributed by atoms with Crippen LogP contribution in [0, 0.1) is 6.92 Å². The third-order valence-corrected chi connectivity index (χ3v) is 2.68. The van der Waals surface area contributed by atoms with Crippen LogP contribution in [0.2, 0.25) is 0 Å². The second kappa shape index (κ2) is 3.35. The fourth-order valence-electron chi connectivity index (χ4n) is 1.95. The van der Waals surface area contributed by atoms with Crippen molar-refractivity contribution < 1.29 is 0 Å². The van der Waals surface area contributed by atoms with Crippen molar-refractivity contribution in [2.75, 3.05) is 6.54 Å². The van der Waals surface area contributed by atoms with Crippen LogP contribution in [0.15, 0.2) is 23.8 Å². The van der Waals surface area contributed by atoms with E-state index in [0.717, 1.165) is 19.4 Å². The molecule has 0 bridgehead atoms. The van der Waals surface area contributed by atoms with Crippen LogP contribution in [0.3, 0.4) is 0 Å². The van der Waals surface area contributed by atoms with Crippen LogP contribution in [-0.2, 0) is 6.42 Å². The Labute approximate surface area is 79.3 Å². The lowest BCUT2D eigenvalue weighted by Crippen LogP contribution is -2.00. The first-order valence-electron chi connectivity index (χ1n) is 4.79. The first-order valence-corrected chi connectivity index (χ1v) is 4.79. The average molecular weight is 173 g/mol. The van der Waals surface area contributed by atoms with E-state index in [1.165, 1.54) is 22.3 Å². The summed E-state index contributed by atoms with van der Waals surface area (Å²) in [5.41, 5.74) is 11.3. The Bertz CT molecular complexity index is 350. The largest absolute Gasteiger partial charge is 0.330 e. The van der Waals surface area contributed by atoms with Crippen LogP contribution < -0.4 is 5.73 Å². The van der Waals surface area contributed by atoms with Crippen LogP contribution in [0.5, 0.6) is 0 Å². The summed E-state index contributed by atoms with van der Waals surface area (Å²) in [7, 11) is 0. The van der Waals surface area contributed by atoms with Crippen molar-refractivity contribution in [1.82, 2.24) is 0 Å². The summed E-state index contributed by atoms with van der Waals surface area (Å²) in [6, 6.07) is 6.49. The fraction of sp³-hybridized carbons (Fsp3) is 0.333. The number of hydrogen-bond donors (Lipinski definition) is 1. The van der Waals surface area contributed by atoms with Crippen molar-refractivity contribution in [3.8, 4) is 0 Å². The molecule has 2 N–H and O–H groups in total. The van der Waals surface area contributed by atoms with Gasteiger partial charge in [-0.1, -0.05) is 29.8 Å². The highest BCUT2D eigenvalue weighted by Crippen LogP contribution is 2.28. The molecule has 1 aliphatic rings. The third kappa shape index (κ3) is 1.52. The molecule has 0 heterocycles. The molecule has 2 rings (SSSR count). The van der Waals surface area contributed by atoms with Gasteiger partial charge in [0.1, 0.15) is 0 Å². The number of fused-ring (bicyclic) bond motifs is 1. The monoisotopic (exact) mass is 173 g/mol. The Morgan fingerprint density at radius 2 is 2.23 bits per heavy atom. The molecule has 0 spiro atoms.